The van der Waals surface area contributed by atoms with Crippen molar-refractivity contribution < 1.29 is 4.92 Å². The van der Waals surface area contributed by atoms with Crippen LogP contribution in [0.2, 0.25) is 0 Å². The molecule has 0 radical (unpaired) electrons. The van der Waals surface area contributed by atoms with E-state index in [1.807, 2.05) is 0 Å². The summed E-state index contributed by atoms with van der Waals surface area (Å²) in [5, 5.41) is 27.1. The molecule has 0 atom stereocenters. The molecule has 0 bridgehead atoms. The van der Waals surface area contributed by atoms with Crippen molar-refractivity contribution in [2.24, 2.45) is 0 Å². The van der Waals surface area contributed by atoms with E-state index < -0.39 is 4.92 Å². The lowest BCUT2D eigenvalue weighted by molar-refractivity contribution is -0.383. The summed E-state index contributed by atoms with van der Waals surface area (Å²) in [4.78, 5) is 13.9. The molecule has 1 N–H and O–H groups in total. The van der Waals surface area contributed by atoms with Crippen LogP contribution in [0.4, 0.5) is 5.69 Å². The minimum atomic E-state index is -0.576. The molecule has 7 heteroatoms. The largest absolute Gasteiger partial charge is 0.312 e. The van der Waals surface area contributed by atoms with Gasteiger partial charge in [-0.05, 0) is 6.07 Å². The average molecular weight is 215 g/mol. The maximum atomic E-state index is 10.7. The number of aromatic nitrogens is 2. The van der Waals surface area contributed by atoms with Crippen molar-refractivity contribution in [1.29, 1.82) is 10.7 Å². The fourth-order valence-corrected chi connectivity index (χ4v) is 1.34. The number of nitrogens with one attached hydrogen (secondary N) is 1. The number of hydrogen-bond donors (Lipinski definition) is 1. The predicted molar refractivity (Wildman–Crippen MR) is 52.4 cm³/mol. The average Bonchev–Trinajstić information content (AvgIpc) is 2.29. The van der Waals surface area contributed by atoms with Crippen LogP contribution in [0, 0.1) is 26.9 Å². The summed E-state index contributed by atoms with van der Waals surface area (Å²) in [5.74, 6) is 0. The fourth-order valence-electron chi connectivity index (χ4n) is 1.34. The van der Waals surface area contributed by atoms with Crippen LogP contribution < -0.4 is 5.49 Å². The summed E-state index contributed by atoms with van der Waals surface area (Å²) < 4.78 is 1.21. The molecule has 16 heavy (non-hydrogen) atoms. The van der Waals surface area contributed by atoms with Gasteiger partial charge in [-0.25, -0.2) is 4.98 Å². The van der Waals surface area contributed by atoms with E-state index >= 15 is 0 Å². The summed E-state index contributed by atoms with van der Waals surface area (Å²) >= 11 is 0. The molecule has 0 aliphatic rings. The molecule has 2 rings (SSSR count). The van der Waals surface area contributed by atoms with E-state index in [0.717, 1.165) is 6.20 Å². The molecule has 0 aliphatic carbocycles. The smallest absolute Gasteiger partial charge is 0.283 e. The number of nitriles is 1. The third-order valence-electron chi connectivity index (χ3n) is 2.08. The van der Waals surface area contributed by atoms with Crippen LogP contribution in [0.5, 0.6) is 0 Å². The summed E-state index contributed by atoms with van der Waals surface area (Å²) in [5.41, 5.74) is -0.189. The first kappa shape index (κ1) is 9.79. The molecule has 0 unspecified atom stereocenters. The van der Waals surface area contributed by atoms with Gasteiger partial charge in [-0.1, -0.05) is 0 Å². The van der Waals surface area contributed by atoms with Gasteiger partial charge in [-0.15, -0.1) is 0 Å². The van der Waals surface area contributed by atoms with E-state index in [9.17, 15) is 10.1 Å². The Morgan fingerprint density at radius 1 is 1.62 bits per heavy atom. The lowest BCUT2D eigenvalue weighted by Crippen LogP contribution is -2.18. The van der Waals surface area contributed by atoms with Crippen molar-refractivity contribution >= 4 is 11.3 Å². The van der Waals surface area contributed by atoms with E-state index in [1.165, 1.54) is 22.7 Å². The minimum absolute atomic E-state index is 0.0523. The van der Waals surface area contributed by atoms with Gasteiger partial charge in [-0.3, -0.25) is 19.9 Å². The molecule has 0 aliphatic heterocycles. The normalized spacial score (nSPS) is 9.94. The number of nitrogens with zero attached hydrogens (tertiary/aromatic N) is 4. The summed E-state index contributed by atoms with van der Waals surface area (Å²) in [6.45, 7) is 0. The summed E-state index contributed by atoms with van der Waals surface area (Å²) in [6, 6.07) is 4.53. The van der Waals surface area contributed by atoms with Crippen LogP contribution in [0.3, 0.4) is 0 Å². The molecule has 2 heterocycles. The number of nitro groups is 1. The van der Waals surface area contributed by atoms with Crippen molar-refractivity contribution in [2.75, 3.05) is 0 Å². The number of rotatable bonds is 1. The molecular formula is C9H5N5O2. The lowest BCUT2D eigenvalue weighted by Gasteiger charge is -2.01. The van der Waals surface area contributed by atoms with Crippen LogP contribution >= 0.6 is 0 Å². The van der Waals surface area contributed by atoms with Crippen molar-refractivity contribution in [2.45, 2.75) is 0 Å². The van der Waals surface area contributed by atoms with Crippen molar-refractivity contribution in [3.8, 4) is 6.07 Å². The van der Waals surface area contributed by atoms with Gasteiger partial charge in [0.1, 0.15) is 11.6 Å². The third-order valence-corrected chi connectivity index (χ3v) is 2.08. The van der Waals surface area contributed by atoms with Crippen LogP contribution in [-0.4, -0.2) is 14.3 Å². The molecule has 0 spiro atoms. The van der Waals surface area contributed by atoms with Crippen LogP contribution in [-0.2, 0) is 0 Å². The van der Waals surface area contributed by atoms with Crippen LogP contribution in [0.25, 0.3) is 5.65 Å². The first-order valence-electron chi connectivity index (χ1n) is 4.24. The van der Waals surface area contributed by atoms with Crippen molar-refractivity contribution in [3.63, 3.8) is 0 Å². The number of hydrogen-bond acceptors (Lipinski definition) is 5. The fraction of sp³-hybridized carbons (Fsp3) is 0. The molecule has 0 saturated carbocycles. The molecular weight excluding hydrogens is 210 g/mol. The summed E-state index contributed by atoms with van der Waals surface area (Å²) in [6.07, 6.45) is 2.61. The van der Waals surface area contributed by atoms with Gasteiger partial charge in [-0.2, -0.15) is 5.26 Å². The first-order chi connectivity index (χ1) is 7.65. The highest BCUT2D eigenvalue weighted by atomic mass is 16.6. The first-order valence-corrected chi connectivity index (χ1v) is 4.24. The van der Waals surface area contributed by atoms with E-state index in [0.29, 0.717) is 0 Å². The van der Waals surface area contributed by atoms with E-state index in [-0.39, 0.29) is 22.4 Å². The Labute approximate surface area is 88.9 Å². The van der Waals surface area contributed by atoms with Gasteiger partial charge >= 0.3 is 5.69 Å². The topological polar surface area (TPSA) is 108 Å². The van der Waals surface area contributed by atoms with Crippen molar-refractivity contribution in [1.82, 2.24) is 9.38 Å². The Morgan fingerprint density at radius 2 is 2.38 bits per heavy atom. The van der Waals surface area contributed by atoms with Crippen LogP contribution in [0.1, 0.15) is 5.56 Å². The number of pyridine rings is 1. The quantitative estimate of drug-likeness (QED) is 0.554. The molecule has 2 aromatic heterocycles. The standard InChI is InChI=1S/C9H5N5O2/c10-4-6-5-12-9-7(14(15)16)2-1-3-13(9)8(6)11/h1-3,5,11H. The zero-order valence-corrected chi connectivity index (χ0v) is 7.91. The Balaban J connectivity index is 2.95. The van der Waals surface area contributed by atoms with Gasteiger partial charge in [0.25, 0.3) is 0 Å². The van der Waals surface area contributed by atoms with Crippen molar-refractivity contribution in [3.05, 3.63) is 45.7 Å². The molecule has 0 aromatic carbocycles. The van der Waals surface area contributed by atoms with Gasteiger partial charge in [0.2, 0.25) is 5.65 Å². The Kier molecular flexibility index (Phi) is 2.10. The van der Waals surface area contributed by atoms with Crippen LogP contribution in [0.15, 0.2) is 24.5 Å². The second kappa shape index (κ2) is 3.43. The molecule has 0 saturated heterocycles. The Hall–Kier alpha value is -2.75. The Bertz CT molecular complexity index is 682. The van der Waals surface area contributed by atoms with Gasteiger partial charge in [0, 0.05) is 12.3 Å². The lowest BCUT2D eigenvalue weighted by atomic mass is 10.3. The maximum absolute atomic E-state index is 10.7. The predicted octanol–water partition coefficient (Wildman–Crippen LogP) is 0.594. The highest BCUT2D eigenvalue weighted by Crippen LogP contribution is 2.14. The molecule has 0 amide bonds. The molecule has 0 fully saturated rings. The molecule has 78 valence electrons. The maximum Gasteiger partial charge on any atom is 0.312 e. The summed E-state index contributed by atoms with van der Waals surface area (Å²) in [7, 11) is 0. The zero-order valence-electron chi connectivity index (χ0n) is 7.91. The number of fused-ring (bicyclic) bond motifs is 1. The third kappa shape index (κ3) is 1.29. The van der Waals surface area contributed by atoms with E-state index in [1.54, 1.807) is 6.07 Å². The highest BCUT2D eigenvalue weighted by molar-refractivity contribution is 5.58. The van der Waals surface area contributed by atoms with Gasteiger partial charge < -0.3 is 0 Å². The second-order valence-electron chi connectivity index (χ2n) is 2.98. The highest BCUT2D eigenvalue weighted by Gasteiger charge is 2.13. The van der Waals surface area contributed by atoms with E-state index in [4.69, 9.17) is 10.7 Å². The zero-order chi connectivity index (χ0) is 11.7. The van der Waals surface area contributed by atoms with E-state index in [2.05, 4.69) is 4.98 Å². The van der Waals surface area contributed by atoms with Gasteiger partial charge in [0.15, 0.2) is 5.49 Å². The SMILES string of the molecule is N#Cc1cnc2c([N+](=O)[O-])cccn2c1=N. The monoisotopic (exact) mass is 215 g/mol. The second-order valence-corrected chi connectivity index (χ2v) is 2.98. The van der Waals surface area contributed by atoms with Gasteiger partial charge in [0.05, 0.1) is 11.1 Å². The molecule has 7 nitrogen and oxygen atoms in total. The Morgan fingerprint density at radius 3 is 3.00 bits per heavy atom. The molecule has 2 aromatic rings. The minimum Gasteiger partial charge on any atom is -0.283 e.